The maximum absolute atomic E-state index is 11.9. The fourth-order valence-corrected chi connectivity index (χ4v) is 1.53. The first-order chi connectivity index (χ1) is 9.10. The lowest BCUT2D eigenvalue weighted by molar-refractivity contribution is 0.102. The Morgan fingerprint density at radius 3 is 2.42 bits per heavy atom. The van der Waals surface area contributed by atoms with Crippen molar-refractivity contribution < 1.29 is 15.0 Å². The number of aromatic hydroxyl groups is 2. The molecular weight excluding hydrogens is 244 g/mol. The molecule has 0 bridgehead atoms. The second-order valence-electron chi connectivity index (χ2n) is 3.84. The Morgan fingerprint density at radius 1 is 1.11 bits per heavy atom. The Morgan fingerprint density at radius 2 is 1.79 bits per heavy atom. The number of nitrogens with zero attached hydrogens (tertiary/aromatic N) is 1. The predicted octanol–water partition coefficient (Wildman–Crippen LogP) is 2.22. The highest BCUT2D eigenvalue weighted by Gasteiger charge is 2.12. The second kappa shape index (κ2) is 5.10. The number of hydrogen-bond donors (Lipinski definition) is 3. The molecule has 19 heavy (non-hydrogen) atoms. The fourth-order valence-electron chi connectivity index (χ4n) is 1.53. The highest BCUT2D eigenvalue weighted by molar-refractivity contribution is 6.06. The maximum atomic E-state index is 11.9. The standard InChI is InChI=1S/C14H10N2O3/c15-8-9-1-3-10(4-2-9)16-14(19)12-7-11(17)5-6-13(12)18/h1-7,17-18H,(H,16,19). The first kappa shape index (κ1) is 12.5. The summed E-state index contributed by atoms with van der Waals surface area (Å²) in [6.45, 7) is 0. The first-order valence-electron chi connectivity index (χ1n) is 5.43. The molecule has 0 radical (unpaired) electrons. The molecule has 0 aliphatic heterocycles. The third kappa shape index (κ3) is 2.82. The van der Waals surface area contributed by atoms with Crippen molar-refractivity contribution in [1.82, 2.24) is 0 Å². The molecule has 2 aromatic rings. The van der Waals surface area contributed by atoms with Crippen molar-refractivity contribution in [2.75, 3.05) is 5.32 Å². The van der Waals surface area contributed by atoms with Crippen molar-refractivity contribution >= 4 is 11.6 Å². The summed E-state index contributed by atoms with van der Waals surface area (Å²) in [5, 5.41) is 30.1. The molecule has 0 spiro atoms. The third-order valence-corrected chi connectivity index (χ3v) is 2.50. The molecule has 5 nitrogen and oxygen atoms in total. The van der Waals surface area contributed by atoms with Crippen LogP contribution in [0.25, 0.3) is 0 Å². The van der Waals surface area contributed by atoms with E-state index in [9.17, 15) is 15.0 Å². The van der Waals surface area contributed by atoms with Crippen molar-refractivity contribution in [2.24, 2.45) is 0 Å². The van der Waals surface area contributed by atoms with Crippen LogP contribution >= 0.6 is 0 Å². The zero-order valence-corrected chi connectivity index (χ0v) is 9.79. The van der Waals surface area contributed by atoms with Crippen molar-refractivity contribution in [3.8, 4) is 17.6 Å². The highest BCUT2D eigenvalue weighted by atomic mass is 16.3. The van der Waals surface area contributed by atoms with Gasteiger partial charge in [0.05, 0.1) is 17.2 Å². The van der Waals surface area contributed by atoms with E-state index < -0.39 is 5.91 Å². The van der Waals surface area contributed by atoms with Gasteiger partial charge in [0.15, 0.2) is 0 Å². The van der Waals surface area contributed by atoms with Crippen LogP contribution in [0.3, 0.4) is 0 Å². The Hall–Kier alpha value is -3.00. The van der Waals surface area contributed by atoms with Crippen LogP contribution in [0.5, 0.6) is 11.5 Å². The molecule has 0 aliphatic carbocycles. The molecule has 0 heterocycles. The summed E-state index contributed by atoms with van der Waals surface area (Å²) in [4.78, 5) is 11.9. The first-order valence-corrected chi connectivity index (χ1v) is 5.43. The van der Waals surface area contributed by atoms with Gasteiger partial charge in [-0.15, -0.1) is 0 Å². The van der Waals surface area contributed by atoms with Crippen LogP contribution in [0.2, 0.25) is 0 Å². The van der Waals surface area contributed by atoms with Gasteiger partial charge in [-0.1, -0.05) is 0 Å². The number of hydrogen-bond acceptors (Lipinski definition) is 4. The summed E-state index contributed by atoms with van der Waals surface area (Å²) in [5.74, 6) is -0.871. The van der Waals surface area contributed by atoms with E-state index in [0.717, 1.165) is 0 Å². The van der Waals surface area contributed by atoms with Gasteiger partial charge in [-0.05, 0) is 42.5 Å². The van der Waals surface area contributed by atoms with Crippen LogP contribution in [0.4, 0.5) is 5.69 Å². The van der Waals surface area contributed by atoms with E-state index in [2.05, 4.69) is 5.32 Å². The fraction of sp³-hybridized carbons (Fsp3) is 0. The number of nitriles is 1. The van der Waals surface area contributed by atoms with Crippen LogP contribution in [-0.4, -0.2) is 16.1 Å². The van der Waals surface area contributed by atoms with Crippen LogP contribution < -0.4 is 5.32 Å². The number of carbonyl (C=O) groups excluding carboxylic acids is 1. The molecule has 0 fully saturated rings. The van der Waals surface area contributed by atoms with Gasteiger partial charge in [-0.3, -0.25) is 4.79 Å². The molecule has 5 heteroatoms. The topological polar surface area (TPSA) is 93.4 Å². The average Bonchev–Trinajstić information content (AvgIpc) is 2.42. The van der Waals surface area contributed by atoms with Gasteiger partial charge in [0, 0.05) is 5.69 Å². The van der Waals surface area contributed by atoms with Gasteiger partial charge >= 0.3 is 0 Å². The van der Waals surface area contributed by atoms with Gasteiger partial charge in [-0.25, -0.2) is 0 Å². The zero-order chi connectivity index (χ0) is 13.8. The molecule has 2 rings (SSSR count). The van der Waals surface area contributed by atoms with E-state index in [1.807, 2.05) is 6.07 Å². The predicted molar refractivity (Wildman–Crippen MR) is 68.9 cm³/mol. The number of benzene rings is 2. The largest absolute Gasteiger partial charge is 0.508 e. The molecule has 0 aromatic heterocycles. The molecular formula is C14H10N2O3. The summed E-state index contributed by atoms with van der Waals surface area (Å²) in [6, 6.07) is 12.0. The molecule has 94 valence electrons. The summed E-state index contributed by atoms with van der Waals surface area (Å²) < 4.78 is 0. The summed E-state index contributed by atoms with van der Waals surface area (Å²) in [7, 11) is 0. The Balaban J connectivity index is 2.21. The minimum Gasteiger partial charge on any atom is -0.508 e. The summed E-state index contributed by atoms with van der Waals surface area (Å²) >= 11 is 0. The van der Waals surface area contributed by atoms with Crippen LogP contribution in [0.15, 0.2) is 42.5 Å². The molecule has 0 saturated carbocycles. The Labute approximate surface area is 109 Å². The van der Waals surface area contributed by atoms with E-state index in [1.165, 1.54) is 18.2 Å². The molecule has 0 atom stereocenters. The number of amides is 1. The SMILES string of the molecule is N#Cc1ccc(NC(=O)c2cc(O)ccc2O)cc1. The second-order valence-corrected chi connectivity index (χ2v) is 3.84. The number of carbonyl (C=O) groups is 1. The lowest BCUT2D eigenvalue weighted by atomic mass is 10.1. The minimum atomic E-state index is -0.543. The Bertz CT molecular complexity index is 657. The van der Waals surface area contributed by atoms with Crippen molar-refractivity contribution in [3.05, 3.63) is 53.6 Å². The van der Waals surface area contributed by atoms with E-state index in [4.69, 9.17) is 5.26 Å². The molecule has 2 aromatic carbocycles. The van der Waals surface area contributed by atoms with E-state index >= 15 is 0 Å². The number of rotatable bonds is 2. The zero-order valence-electron chi connectivity index (χ0n) is 9.79. The molecule has 0 unspecified atom stereocenters. The average molecular weight is 254 g/mol. The normalized spacial score (nSPS) is 9.63. The smallest absolute Gasteiger partial charge is 0.259 e. The molecule has 1 amide bonds. The van der Waals surface area contributed by atoms with E-state index in [1.54, 1.807) is 24.3 Å². The van der Waals surface area contributed by atoms with Crippen LogP contribution in [0.1, 0.15) is 15.9 Å². The lowest BCUT2D eigenvalue weighted by Gasteiger charge is -2.07. The Kier molecular flexibility index (Phi) is 3.35. The molecule has 0 aliphatic rings. The van der Waals surface area contributed by atoms with E-state index in [0.29, 0.717) is 11.3 Å². The van der Waals surface area contributed by atoms with Gasteiger partial charge < -0.3 is 15.5 Å². The van der Waals surface area contributed by atoms with Crippen molar-refractivity contribution in [3.63, 3.8) is 0 Å². The third-order valence-electron chi connectivity index (χ3n) is 2.50. The molecule has 0 saturated heterocycles. The summed E-state index contributed by atoms with van der Waals surface area (Å²) in [5.41, 5.74) is 0.953. The maximum Gasteiger partial charge on any atom is 0.259 e. The van der Waals surface area contributed by atoms with Crippen molar-refractivity contribution in [1.29, 1.82) is 5.26 Å². The summed E-state index contributed by atoms with van der Waals surface area (Å²) in [6.07, 6.45) is 0. The molecule has 3 N–H and O–H groups in total. The number of phenolic OH excluding ortho intramolecular Hbond substituents is 2. The van der Waals surface area contributed by atoms with Crippen LogP contribution in [0, 0.1) is 11.3 Å². The minimum absolute atomic E-state index is 0.0237. The van der Waals surface area contributed by atoms with E-state index in [-0.39, 0.29) is 17.1 Å². The van der Waals surface area contributed by atoms with Crippen molar-refractivity contribution in [2.45, 2.75) is 0 Å². The monoisotopic (exact) mass is 254 g/mol. The highest BCUT2D eigenvalue weighted by Crippen LogP contribution is 2.23. The number of nitrogens with one attached hydrogen (secondary N) is 1. The quantitative estimate of drug-likeness (QED) is 0.716. The van der Waals surface area contributed by atoms with Gasteiger partial charge in [-0.2, -0.15) is 5.26 Å². The number of phenols is 2. The van der Waals surface area contributed by atoms with Gasteiger partial charge in [0.2, 0.25) is 0 Å². The van der Waals surface area contributed by atoms with Crippen LogP contribution in [-0.2, 0) is 0 Å². The number of anilines is 1. The lowest BCUT2D eigenvalue weighted by Crippen LogP contribution is -2.11. The van der Waals surface area contributed by atoms with Gasteiger partial charge in [0.1, 0.15) is 11.5 Å². The van der Waals surface area contributed by atoms with Gasteiger partial charge in [0.25, 0.3) is 5.91 Å².